The molecule has 0 aromatic carbocycles. The molecule has 0 spiro atoms. The minimum Gasteiger partial charge on any atom is -0.493 e. The summed E-state index contributed by atoms with van der Waals surface area (Å²) >= 11 is 0. The summed E-state index contributed by atoms with van der Waals surface area (Å²) in [5.74, 6) is 0.894. The van der Waals surface area contributed by atoms with Gasteiger partial charge in [0.1, 0.15) is 0 Å². The Hall–Kier alpha value is -1.03. The van der Waals surface area contributed by atoms with E-state index < -0.39 is 0 Å². The van der Waals surface area contributed by atoms with Gasteiger partial charge in [0, 0.05) is 13.1 Å². The van der Waals surface area contributed by atoms with Crippen LogP contribution in [0.1, 0.15) is 32.4 Å². The van der Waals surface area contributed by atoms with Crippen molar-refractivity contribution in [1.29, 1.82) is 0 Å². The summed E-state index contributed by atoms with van der Waals surface area (Å²) in [5, 5.41) is 7.68. The number of nitrogens with one attached hydrogen (secondary N) is 1. The number of aryl methyl sites for hydroxylation is 1. The van der Waals surface area contributed by atoms with Crippen molar-refractivity contribution < 1.29 is 4.74 Å². The van der Waals surface area contributed by atoms with Gasteiger partial charge in [0.05, 0.1) is 19.0 Å². The maximum absolute atomic E-state index is 5.28. The quantitative estimate of drug-likeness (QED) is 0.768. The molecule has 1 rings (SSSR count). The van der Waals surface area contributed by atoms with Crippen LogP contribution in [-0.4, -0.2) is 29.5 Å². The van der Waals surface area contributed by atoms with Crippen molar-refractivity contribution in [2.75, 3.05) is 13.7 Å². The minimum atomic E-state index is 0.541. The van der Waals surface area contributed by atoms with E-state index in [2.05, 4.69) is 24.3 Å². The van der Waals surface area contributed by atoms with E-state index >= 15 is 0 Å². The van der Waals surface area contributed by atoms with Gasteiger partial charge in [-0.25, -0.2) is 0 Å². The summed E-state index contributed by atoms with van der Waals surface area (Å²) < 4.78 is 7.17. The Labute approximate surface area is 98.0 Å². The van der Waals surface area contributed by atoms with E-state index in [-0.39, 0.29) is 0 Å². The van der Waals surface area contributed by atoms with Crippen LogP contribution in [0, 0.1) is 0 Å². The van der Waals surface area contributed by atoms with E-state index in [9.17, 15) is 0 Å². The molecule has 0 amide bonds. The van der Waals surface area contributed by atoms with Crippen LogP contribution < -0.4 is 10.1 Å². The first-order valence-corrected chi connectivity index (χ1v) is 5.97. The van der Waals surface area contributed by atoms with E-state index in [4.69, 9.17) is 4.74 Å². The maximum atomic E-state index is 5.28. The molecule has 1 aromatic heterocycles. The molecule has 0 saturated heterocycles. The van der Waals surface area contributed by atoms with Crippen molar-refractivity contribution in [3.05, 3.63) is 11.9 Å². The summed E-state index contributed by atoms with van der Waals surface area (Å²) in [4.78, 5) is 0. The molecule has 1 unspecified atom stereocenters. The Morgan fingerprint density at radius 3 is 2.94 bits per heavy atom. The highest BCUT2D eigenvalue weighted by atomic mass is 16.5. The molecule has 0 fully saturated rings. The first-order chi connectivity index (χ1) is 7.69. The van der Waals surface area contributed by atoms with E-state index in [1.165, 1.54) is 12.1 Å². The van der Waals surface area contributed by atoms with E-state index in [0.29, 0.717) is 6.04 Å². The van der Waals surface area contributed by atoms with Crippen molar-refractivity contribution in [2.24, 2.45) is 7.05 Å². The third kappa shape index (κ3) is 3.52. The Bertz CT molecular complexity index is 309. The summed E-state index contributed by atoms with van der Waals surface area (Å²) in [7, 11) is 3.65. The highest BCUT2D eigenvalue weighted by molar-refractivity contribution is 5.24. The van der Waals surface area contributed by atoms with Gasteiger partial charge in [0.25, 0.3) is 0 Å². The van der Waals surface area contributed by atoms with Gasteiger partial charge in [-0.3, -0.25) is 4.68 Å². The van der Waals surface area contributed by atoms with Gasteiger partial charge in [0.2, 0.25) is 0 Å². The molecule has 1 heterocycles. The summed E-state index contributed by atoms with van der Waals surface area (Å²) in [6.07, 6.45) is 5.06. The average Bonchev–Trinajstić information content (AvgIpc) is 2.64. The van der Waals surface area contributed by atoms with Crippen LogP contribution in [0.2, 0.25) is 0 Å². The third-order valence-corrected chi connectivity index (χ3v) is 2.80. The second-order valence-electron chi connectivity index (χ2n) is 4.18. The van der Waals surface area contributed by atoms with Crippen molar-refractivity contribution in [3.63, 3.8) is 0 Å². The van der Waals surface area contributed by atoms with Gasteiger partial charge in [0.15, 0.2) is 5.75 Å². The fourth-order valence-electron chi connectivity index (χ4n) is 1.74. The maximum Gasteiger partial charge on any atom is 0.159 e. The molecule has 0 bridgehead atoms. The Morgan fingerprint density at radius 2 is 2.31 bits per heavy atom. The van der Waals surface area contributed by atoms with Crippen LogP contribution in [0.5, 0.6) is 5.75 Å². The lowest BCUT2D eigenvalue weighted by molar-refractivity contribution is 0.405. The molecule has 4 nitrogen and oxygen atoms in total. The zero-order valence-electron chi connectivity index (χ0n) is 10.8. The summed E-state index contributed by atoms with van der Waals surface area (Å²) in [6, 6.07) is 0.541. The van der Waals surface area contributed by atoms with Crippen molar-refractivity contribution in [2.45, 2.75) is 39.2 Å². The van der Waals surface area contributed by atoms with E-state index in [1.54, 1.807) is 13.3 Å². The van der Waals surface area contributed by atoms with Crippen molar-refractivity contribution in [3.8, 4) is 5.75 Å². The molecular formula is C12H23N3O. The Morgan fingerprint density at radius 1 is 1.56 bits per heavy atom. The molecule has 0 aliphatic carbocycles. The monoisotopic (exact) mass is 225 g/mol. The minimum absolute atomic E-state index is 0.541. The van der Waals surface area contributed by atoms with Gasteiger partial charge in [-0.2, -0.15) is 5.10 Å². The summed E-state index contributed by atoms with van der Waals surface area (Å²) in [6.45, 7) is 5.49. The van der Waals surface area contributed by atoms with Crippen LogP contribution in [0.4, 0.5) is 0 Å². The first-order valence-electron chi connectivity index (χ1n) is 5.97. The zero-order valence-corrected chi connectivity index (χ0v) is 10.8. The SMILES string of the molecule is CCCNC(C)CCc1c(OC)cnn1C. The van der Waals surface area contributed by atoms with Crippen LogP contribution in [0.15, 0.2) is 6.20 Å². The zero-order chi connectivity index (χ0) is 12.0. The van der Waals surface area contributed by atoms with Crippen LogP contribution in [0.25, 0.3) is 0 Å². The lowest BCUT2D eigenvalue weighted by atomic mass is 10.1. The fourth-order valence-corrected chi connectivity index (χ4v) is 1.74. The molecular weight excluding hydrogens is 202 g/mol. The standard InChI is InChI=1S/C12H23N3O/c1-5-8-13-10(2)6-7-11-12(16-4)9-14-15(11)3/h9-10,13H,5-8H2,1-4H3. The lowest BCUT2D eigenvalue weighted by Crippen LogP contribution is -2.27. The predicted octanol–water partition coefficient (Wildman–Crippen LogP) is 1.75. The van der Waals surface area contributed by atoms with Crippen LogP contribution in [0.3, 0.4) is 0 Å². The molecule has 1 atom stereocenters. The smallest absolute Gasteiger partial charge is 0.159 e. The molecule has 16 heavy (non-hydrogen) atoms. The van der Waals surface area contributed by atoms with E-state index in [0.717, 1.165) is 25.1 Å². The van der Waals surface area contributed by atoms with Crippen molar-refractivity contribution in [1.82, 2.24) is 15.1 Å². The predicted molar refractivity (Wildman–Crippen MR) is 65.8 cm³/mol. The van der Waals surface area contributed by atoms with Crippen LogP contribution in [-0.2, 0) is 13.5 Å². The van der Waals surface area contributed by atoms with Gasteiger partial charge in [-0.1, -0.05) is 6.92 Å². The molecule has 0 radical (unpaired) electrons. The Balaban J connectivity index is 2.44. The number of aromatic nitrogens is 2. The second kappa shape index (κ2) is 6.53. The average molecular weight is 225 g/mol. The molecule has 1 N–H and O–H groups in total. The number of hydrogen-bond donors (Lipinski definition) is 1. The number of methoxy groups -OCH3 is 1. The number of rotatable bonds is 7. The van der Waals surface area contributed by atoms with Crippen LogP contribution >= 0.6 is 0 Å². The van der Waals surface area contributed by atoms with Gasteiger partial charge in [-0.15, -0.1) is 0 Å². The molecule has 0 aliphatic heterocycles. The Kier molecular flexibility index (Phi) is 5.32. The first kappa shape index (κ1) is 13.0. The highest BCUT2D eigenvalue weighted by Gasteiger charge is 2.10. The normalized spacial score (nSPS) is 12.8. The molecule has 92 valence electrons. The number of nitrogens with zero attached hydrogens (tertiary/aromatic N) is 2. The van der Waals surface area contributed by atoms with Gasteiger partial charge < -0.3 is 10.1 Å². The fraction of sp³-hybridized carbons (Fsp3) is 0.750. The molecule has 0 aliphatic rings. The van der Waals surface area contributed by atoms with Gasteiger partial charge >= 0.3 is 0 Å². The van der Waals surface area contributed by atoms with Gasteiger partial charge in [-0.05, 0) is 32.7 Å². The van der Waals surface area contributed by atoms with Crippen molar-refractivity contribution >= 4 is 0 Å². The third-order valence-electron chi connectivity index (χ3n) is 2.80. The summed E-state index contributed by atoms with van der Waals surface area (Å²) in [5.41, 5.74) is 1.17. The number of ether oxygens (including phenoxy) is 1. The highest BCUT2D eigenvalue weighted by Crippen LogP contribution is 2.18. The molecule has 0 saturated carbocycles. The van der Waals surface area contributed by atoms with E-state index in [1.807, 2.05) is 11.7 Å². The largest absolute Gasteiger partial charge is 0.493 e. The molecule has 1 aromatic rings. The topological polar surface area (TPSA) is 39.1 Å². The molecule has 4 heteroatoms. The second-order valence-corrected chi connectivity index (χ2v) is 4.18. The lowest BCUT2D eigenvalue weighted by Gasteiger charge is -2.13. The number of hydrogen-bond acceptors (Lipinski definition) is 3.